The molecule has 1 aromatic rings. The number of ketones is 1. The number of ether oxygens (including phenoxy) is 2. The van der Waals surface area contributed by atoms with E-state index in [2.05, 4.69) is 0 Å². The molecule has 7 atom stereocenters. The molecule has 1 aromatic heterocycles. The van der Waals surface area contributed by atoms with Crippen LogP contribution in [0.4, 0.5) is 0 Å². The molecule has 0 spiro atoms. The summed E-state index contributed by atoms with van der Waals surface area (Å²) in [6.07, 6.45) is -0.136. The number of hydrogen-bond donors (Lipinski definition) is 2. The molecule has 4 rings (SSSR count). The van der Waals surface area contributed by atoms with Crippen LogP contribution in [0.3, 0.4) is 0 Å². The Labute approximate surface area is 187 Å². The van der Waals surface area contributed by atoms with Crippen LogP contribution >= 0.6 is 0 Å². The van der Waals surface area contributed by atoms with Gasteiger partial charge in [-0.05, 0) is 37.7 Å². The molecule has 32 heavy (non-hydrogen) atoms. The molecule has 0 bridgehead atoms. The average molecular weight is 449 g/mol. The summed E-state index contributed by atoms with van der Waals surface area (Å²) in [7, 11) is 0. The largest absolute Gasteiger partial charge is 0.469 e. The van der Waals surface area contributed by atoms with Crippen LogP contribution in [0.1, 0.15) is 65.7 Å². The van der Waals surface area contributed by atoms with Crippen molar-refractivity contribution >= 4 is 17.7 Å². The number of fused-ring (bicyclic) bond motifs is 4. The van der Waals surface area contributed by atoms with Crippen LogP contribution < -0.4 is 0 Å². The van der Waals surface area contributed by atoms with Crippen LogP contribution in [-0.2, 0) is 35.9 Å². The molecular weight excluding hydrogens is 416 g/mol. The first-order valence-electron chi connectivity index (χ1n) is 11.1. The predicted molar refractivity (Wildman–Crippen MR) is 111 cm³/mol. The third-order valence-corrected chi connectivity index (χ3v) is 8.56. The normalized spacial score (nSPS) is 42.3. The van der Waals surface area contributed by atoms with Gasteiger partial charge in [-0.2, -0.15) is 0 Å². The Kier molecular flexibility index (Phi) is 4.96. The van der Waals surface area contributed by atoms with Crippen LogP contribution in [0.2, 0.25) is 0 Å². The van der Waals surface area contributed by atoms with Crippen LogP contribution in [0.15, 0.2) is 16.7 Å². The van der Waals surface area contributed by atoms with Crippen molar-refractivity contribution in [3.63, 3.8) is 0 Å². The third-order valence-electron chi connectivity index (χ3n) is 8.56. The summed E-state index contributed by atoms with van der Waals surface area (Å²) >= 11 is 0. The van der Waals surface area contributed by atoms with Crippen molar-refractivity contribution < 1.29 is 38.5 Å². The lowest BCUT2D eigenvalue weighted by atomic mass is 9.39. The maximum atomic E-state index is 13.6. The highest BCUT2D eigenvalue weighted by Crippen LogP contribution is 2.67. The Morgan fingerprint density at radius 2 is 1.72 bits per heavy atom. The van der Waals surface area contributed by atoms with E-state index in [4.69, 9.17) is 13.9 Å². The smallest absolute Gasteiger partial charge is 0.303 e. The number of rotatable bonds is 2. The minimum absolute atomic E-state index is 0.168. The standard InChI is InChI=1S/C24H32O8/c1-12(25)31-19-18-15(11-16-14(8-10-30-16)23(18,6)28)22(5)17(27)7-9-21(3,4)24(22,29)20(19)32-13(2)26/h8,10,15,18-20,28-29H,7,9,11H2,1-6H3/t15-,18+,19+,20+,22+,23+,24-/m0/s1. The molecule has 1 heterocycles. The fraction of sp³-hybridized carbons (Fsp3) is 0.708. The molecule has 8 nitrogen and oxygen atoms in total. The maximum absolute atomic E-state index is 13.6. The molecule has 0 amide bonds. The summed E-state index contributed by atoms with van der Waals surface area (Å²) in [4.78, 5) is 38.0. The molecule has 3 aliphatic rings. The van der Waals surface area contributed by atoms with Gasteiger partial charge in [0, 0.05) is 38.2 Å². The predicted octanol–water partition coefficient (Wildman–Crippen LogP) is 2.28. The summed E-state index contributed by atoms with van der Waals surface area (Å²) in [5.74, 6) is -2.38. The zero-order valence-electron chi connectivity index (χ0n) is 19.4. The monoisotopic (exact) mass is 448 g/mol. The first kappa shape index (κ1) is 23.0. The number of furan rings is 1. The quantitative estimate of drug-likeness (QED) is 0.661. The molecular formula is C24H32O8. The molecule has 176 valence electrons. The molecule has 2 saturated carbocycles. The SMILES string of the molecule is CC(=O)O[C@@H]1[C@H]2[C@H](Cc3occc3[C@@]2(C)O)[C@]2(C)C(=O)CCC(C)(C)[C@@]2(O)[C@@H]1OC(C)=O. The van der Waals surface area contributed by atoms with Gasteiger partial charge >= 0.3 is 11.9 Å². The third kappa shape index (κ3) is 2.71. The second kappa shape index (κ2) is 6.90. The number of carbonyl (C=O) groups is 3. The van der Waals surface area contributed by atoms with Crippen molar-refractivity contribution in [2.45, 2.75) is 84.2 Å². The highest BCUT2D eigenvalue weighted by Gasteiger charge is 2.78. The first-order chi connectivity index (χ1) is 14.7. The van der Waals surface area contributed by atoms with Gasteiger partial charge in [-0.15, -0.1) is 0 Å². The summed E-state index contributed by atoms with van der Waals surface area (Å²) in [6, 6.07) is 1.66. The second-order valence-corrected chi connectivity index (χ2v) is 10.6. The number of carbonyl (C=O) groups excluding carboxylic acids is 3. The van der Waals surface area contributed by atoms with E-state index < -0.39 is 58.0 Å². The van der Waals surface area contributed by atoms with Crippen molar-refractivity contribution in [3.8, 4) is 0 Å². The molecule has 0 aliphatic heterocycles. The van der Waals surface area contributed by atoms with E-state index in [9.17, 15) is 24.6 Å². The summed E-state index contributed by atoms with van der Waals surface area (Å²) in [5.41, 5.74) is -5.11. The lowest BCUT2D eigenvalue weighted by Gasteiger charge is -2.68. The van der Waals surface area contributed by atoms with Crippen molar-refractivity contribution in [3.05, 3.63) is 23.7 Å². The fourth-order valence-electron chi connectivity index (χ4n) is 7.01. The Morgan fingerprint density at radius 3 is 2.31 bits per heavy atom. The van der Waals surface area contributed by atoms with Gasteiger partial charge in [-0.25, -0.2) is 0 Å². The molecule has 2 N–H and O–H groups in total. The average Bonchev–Trinajstić information content (AvgIpc) is 3.15. The molecule has 3 aliphatic carbocycles. The van der Waals surface area contributed by atoms with Crippen LogP contribution in [-0.4, -0.2) is 45.7 Å². The van der Waals surface area contributed by atoms with E-state index in [1.54, 1.807) is 19.9 Å². The summed E-state index contributed by atoms with van der Waals surface area (Å²) in [5, 5.41) is 24.2. The van der Waals surface area contributed by atoms with E-state index in [0.717, 1.165) is 0 Å². The van der Waals surface area contributed by atoms with E-state index in [1.165, 1.54) is 20.1 Å². The Balaban J connectivity index is 2.04. The van der Waals surface area contributed by atoms with Crippen LogP contribution in [0.5, 0.6) is 0 Å². The lowest BCUT2D eigenvalue weighted by Crippen LogP contribution is -2.80. The minimum Gasteiger partial charge on any atom is -0.469 e. The Bertz CT molecular complexity index is 974. The van der Waals surface area contributed by atoms with Crippen molar-refractivity contribution in [2.75, 3.05) is 0 Å². The van der Waals surface area contributed by atoms with Gasteiger partial charge in [-0.3, -0.25) is 14.4 Å². The van der Waals surface area contributed by atoms with Crippen molar-refractivity contribution in [2.24, 2.45) is 22.7 Å². The number of Topliss-reactive ketones (excluding diaryl/α,β-unsaturated/α-hetero) is 1. The lowest BCUT2D eigenvalue weighted by molar-refractivity contribution is -0.317. The molecule has 0 radical (unpaired) electrons. The van der Waals surface area contributed by atoms with E-state index in [0.29, 0.717) is 17.7 Å². The minimum atomic E-state index is -1.84. The van der Waals surface area contributed by atoms with Gasteiger partial charge < -0.3 is 24.1 Å². The van der Waals surface area contributed by atoms with E-state index in [-0.39, 0.29) is 18.6 Å². The topological polar surface area (TPSA) is 123 Å². The second-order valence-electron chi connectivity index (χ2n) is 10.6. The maximum Gasteiger partial charge on any atom is 0.303 e. The highest BCUT2D eigenvalue weighted by molar-refractivity contribution is 5.88. The van der Waals surface area contributed by atoms with Gasteiger partial charge in [-0.1, -0.05) is 13.8 Å². The van der Waals surface area contributed by atoms with Gasteiger partial charge in [0.15, 0.2) is 6.10 Å². The highest BCUT2D eigenvalue weighted by atomic mass is 16.6. The molecule has 0 unspecified atom stereocenters. The summed E-state index contributed by atoms with van der Waals surface area (Å²) in [6.45, 7) is 9.39. The molecule has 8 heteroatoms. The number of hydrogen-bond acceptors (Lipinski definition) is 8. The molecule has 0 saturated heterocycles. The number of esters is 2. The molecule has 2 fully saturated rings. The zero-order chi connectivity index (χ0) is 23.9. The zero-order valence-corrected chi connectivity index (χ0v) is 19.4. The Hall–Kier alpha value is -2.19. The van der Waals surface area contributed by atoms with Gasteiger partial charge in [0.1, 0.15) is 23.2 Å². The van der Waals surface area contributed by atoms with Gasteiger partial charge in [0.05, 0.1) is 17.3 Å². The van der Waals surface area contributed by atoms with E-state index in [1.807, 2.05) is 13.8 Å². The number of aliphatic hydroxyl groups is 2. The summed E-state index contributed by atoms with van der Waals surface area (Å²) < 4.78 is 17.0. The van der Waals surface area contributed by atoms with Gasteiger partial charge in [0.2, 0.25) is 0 Å². The van der Waals surface area contributed by atoms with E-state index >= 15 is 0 Å². The van der Waals surface area contributed by atoms with Crippen LogP contribution in [0.25, 0.3) is 0 Å². The van der Waals surface area contributed by atoms with Crippen LogP contribution in [0, 0.1) is 22.7 Å². The first-order valence-corrected chi connectivity index (χ1v) is 11.1. The molecule has 0 aromatic carbocycles. The van der Waals surface area contributed by atoms with Gasteiger partial charge in [0.25, 0.3) is 0 Å². The van der Waals surface area contributed by atoms with Crippen molar-refractivity contribution in [1.82, 2.24) is 0 Å². The Morgan fingerprint density at radius 1 is 1.09 bits per heavy atom. The fourth-order valence-corrected chi connectivity index (χ4v) is 7.01. The van der Waals surface area contributed by atoms with Crippen molar-refractivity contribution in [1.29, 1.82) is 0 Å².